The van der Waals surface area contributed by atoms with E-state index in [9.17, 15) is 5.11 Å². The summed E-state index contributed by atoms with van der Waals surface area (Å²) in [6, 6.07) is 1.07. The largest absolute Gasteiger partial charge is 0.392 e. The molecular formula is C12H23NO. The van der Waals surface area contributed by atoms with E-state index >= 15 is 0 Å². The first-order valence-corrected chi connectivity index (χ1v) is 6.20. The molecule has 0 amide bonds. The number of hydrogen-bond acceptors (Lipinski definition) is 2. The average Bonchev–Trinajstić information content (AvgIpc) is 2.56. The first-order chi connectivity index (χ1) is 6.75. The van der Waals surface area contributed by atoms with Gasteiger partial charge in [-0.25, -0.2) is 0 Å². The molecule has 0 spiro atoms. The van der Waals surface area contributed by atoms with E-state index in [-0.39, 0.29) is 6.10 Å². The third-order valence-corrected chi connectivity index (χ3v) is 3.87. The third kappa shape index (κ3) is 2.48. The fraction of sp³-hybridized carbons (Fsp3) is 1.00. The normalized spacial score (nSPS) is 44.1. The highest BCUT2D eigenvalue weighted by Gasteiger charge is 2.28. The van der Waals surface area contributed by atoms with Crippen LogP contribution in [0.4, 0.5) is 0 Å². The Morgan fingerprint density at radius 3 is 2.50 bits per heavy atom. The second-order valence-corrected chi connectivity index (χ2v) is 5.24. The molecule has 0 unspecified atom stereocenters. The molecule has 2 heteroatoms. The van der Waals surface area contributed by atoms with Crippen LogP contribution in [-0.2, 0) is 0 Å². The topological polar surface area (TPSA) is 32.3 Å². The van der Waals surface area contributed by atoms with Gasteiger partial charge in [0.15, 0.2) is 0 Å². The van der Waals surface area contributed by atoms with E-state index < -0.39 is 0 Å². The molecule has 14 heavy (non-hydrogen) atoms. The van der Waals surface area contributed by atoms with Crippen molar-refractivity contribution in [3.05, 3.63) is 0 Å². The number of aliphatic hydroxyl groups excluding tert-OH is 1. The predicted molar refractivity (Wildman–Crippen MR) is 58.2 cm³/mol. The molecule has 0 heterocycles. The van der Waals surface area contributed by atoms with Gasteiger partial charge in [0.1, 0.15) is 0 Å². The molecule has 2 aliphatic rings. The lowest BCUT2D eigenvalue weighted by molar-refractivity contribution is 0.0850. The van der Waals surface area contributed by atoms with Crippen LogP contribution in [0.25, 0.3) is 0 Å². The van der Waals surface area contributed by atoms with E-state index in [4.69, 9.17) is 0 Å². The summed E-state index contributed by atoms with van der Waals surface area (Å²) in [5.41, 5.74) is 0. The predicted octanol–water partition coefficient (Wildman–Crippen LogP) is 2.07. The Morgan fingerprint density at radius 1 is 1.07 bits per heavy atom. The summed E-state index contributed by atoms with van der Waals surface area (Å²) in [6.07, 6.45) is 8.57. The minimum absolute atomic E-state index is 0.0837. The van der Waals surface area contributed by atoms with Crippen LogP contribution < -0.4 is 5.32 Å². The Bertz CT molecular complexity index is 183. The monoisotopic (exact) mass is 197 g/mol. The Morgan fingerprint density at radius 2 is 1.86 bits per heavy atom. The molecule has 4 atom stereocenters. The zero-order chi connectivity index (χ0) is 9.97. The van der Waals surface area contributed by atoms with E-state index in [0.717, 1.165) is 12.3 Å². The summed E-state index contributed by atoms with van der Waals surface area (Å²) in [5, 5.41) is 13.5. The maximum Gasteiger partial charge on any atom is 0.0693 e. The van der Waals surface area contributed by atoms with Crippen LogP contribution in [0, 0.1) is 5.92 Å². The molecule has 0 aromatic rings. The van der Waals surface area contributed by atoms with Gasteiger partial charge in [-0.05, 0) is 38.0 Å². The lowest BCUT2D eigenvalue weighted by Gasteiger charge is -2.31. The fourth-order valence-electron chi connectivity index (χ4n) is 2.97. The summed E-state index contributed by atoms with van der Waals surface area (Å²) in [6.45, 7) is 2.33. The maximum absolute atomic E-state index is 9.83. The molecule has 2 fully saturated rings. The second kappa shape index (κ2) is 4.63. The highest BCUT2D eigenvalue weighted by Crippen LogP contribution is 2.27. The number of aliphatic hydroxyl groups is 1. The van der Waals surface area contributed by atoms with E-state index in [2.05, 4.69) is 12.2 Å². The van der Waals surface area contributed by atoms with Crippen molar-refractivity contribution in [2.45, 2.75) is 70.1 Å². The minimum Gasteiger partial charge on any atom is -0.392 e. The molecule has 0 radical (unpaired) electrons. The first kappa shape index (κ1) is 10.4. The summed E-state index contributed by atoms with van der Waals surface area (Å²) >= 11 is 0. The van der Waals surface area contributed by atoms with Gasteiger partial charge in [0, 0.05) is 12.1 Å². The molecule has 0 aromatic heterocycles. The summed E-state index contributed by atoms with van der Waals surface area (Å²) in [7, 11) is 0. The average molecular weight is 197 g/mol. The lowest BCUT2D eigenvalue weighted by atomic mass is 9.92. The molecular weight excluding hydrogens is 174 g/mol. The summed E-state index contributed by atoms with van der Waals surface area (Å²) in [5.74, 6) is 0.883. The summed E-state index contributed by atoms with van der Waals surface area (Å²) < 4.78 is 0. The highest BCUT2D eigenvalue weighted by atomic mass is 16.3. The van der Waals surface area contributed by atoms with Gasteiger partial charge >= 0.3 is 0 Å². The standard InChI is InChI=1S/C12H23NO/c1-9-6-7-10(8-9)13-11-4-2-3-5-12(11)14/h9-14H,2-8H2,1H3/t9-,10+,11+,12-/m0/s1. The smallest absolute Gasteiger partial charge is 0.0693 e. The number of nitrogens with one attached hydrogen (secondary N) is 1. The highest BCUT2D eigenvalue weighted by molar-refractivity contribution is 4.86. The van der Waals surface area contributed by atoms with Crippen LogP contribution >= 0.6 is 0 Å². The molecule has 2 rings (SSSR count). The van der Waals surface area contributed by atoms with Crippen molar-refractivity contribution >= 4 is 0 Å². The van der Waals surface area contributed by atoms with Gasteiger partial charge in [0.05, 0.1) is 6.10 Å². The summed E-state index contributed by atoms with van der Waals surface area (Å²) in [4.78, 5) is 0. The zero-order valence-corrected chi connectivity index (χ0v) is 9.21. The number of hydrogen-bond donors (Lipinski definition) is 2. The lowest BCUT2D eigenvalue weighted by Crippen LogP contribution is -2.46. The van der Waals surface area contributed by atoms with Crippen molar-refractivity contribution in [2.24, 2.45) is 5.92 Å². The molecule has 0 aromatic carbocycles. The van der Waals surface area contributed by atoms with Gasteiger partial charge in [0.25, 0.3) is 0 Å². The molecule has 82 valence electrons. The first-order valence-electron chi connectivity index (χ1n) is 6.20. The van der Waals surface area contributed by atoms with E-state index in [0.29, 0.717) is 12.1 Å². The molecule has 0 bridgehead atoms. The quantitative estimate of drug-likeness (QED) is 0.710. The Kier molecular flexibility index (Phi) is 3.45. The van der Waals surface area contributed by atoms with Gasteiger partial charge < -0.3 is 10.4 Å². The van der Waals surface area contributed by atoms with Crippen molar-refractivity contribution in [3.8, 4) is 0 Å². The zero-order valence-electron chi connectivity index (χ0n) is 9.21. The Hall–Kier alpha value is -0.0800. The van der Waals surface area contributed by atoms with E-state index in [1.165, 1.54) is 38.5 Å². The minimum atomic E-state index is -0.0837. The van der Waals surface area contributed by atoms with Crippen LogP contribution in [0.5, 0.6) is 0 Å². The van der Waals surface area contributed by atoms with Gasteiger partial charge in [-0.1, -0.05) is 19.8 Å². The molecule has 2 N–H and O–H groups in total. The van der Waals surface area contributed by atoms with E-state index in [1.807, 2.05) is 0 Å². The third-order valence-electron chi connectivity index (χ3n) is 3.87. The molecule has 0 saturated heterocycles. The van der Waals surface area contributed by atoms with Crippen molar-refractivity contribution in [2.75, 3.05) is 0 Å². The Labute approximate surface area is 87.1 Å². The Balaban J connectivity index is 1.78. The molecule has 2 aliphatic carbocycles. The maximum atomic E-state index is 9.83. The van der Waals surface area contributed by atoms with Crippen LogP contribution in [-0.4, -0.2) is 23.3 Å². The van der Waals surface area contributed by atoms with Crippen molar-refractivity contribution in [1.82, 2.24) is 5.32 Å². The van der Waals surface area contributed by atoms with Gasteiger partial charge in [-0.2, -0.15) is 0 Å². The van der Waals surface area contributed by atoms with Gasteiger partial charge in [0.2, 0.25) is 0 Å². The second-order valence-electron chi connectivity index (χ2n) is 5.24. The van der Waals surface area contributed by atoms with Crippen LogP contribution in [0.3, 0.4) is 0 Å². The van der Waals surface area contributed by atoms with Gasteiger partial charge in [-0.3, -0.25) is 0 Å². The van der Waals surface area contributed by atoms with Crippen LogP contribution in [0.2, 0.25) is 0 Å². The number of rotatable bonds is 2. The SMILES string of the molecule is C[C@H]1CC[C@@H](N[C@@H]2CCCC[C@@H]2O)C1. The molecule has 2 saturated carbocycles. The van der Waals surface area contributed by atoms with Crippen molar-refractivity contribution < 1.29 is 5.11 Å². The van der Waals surface area contributed by atoms with Gasteiger partial charge in [-0.15, -0.1) is 0 Å². The van der Waals surface area contributed by atoms with Crippen LogP contribution in [0.1, 0.15) is 51.9 Å². The van der Waals surface area contributed by atoms with Crippen molar-refractivity contribution in [1.29, 1.82) is 0 Å². The molecule has 2 nitrogen and oxygen atoms in total. The fourth-order valence-corrected chi connectivity index (χ4v) is 2.97. The van der Waals surface area contributed by atoms with E-state index in [1.54, 1.807) is 0 Å². The van der Waals surface area contributed by atoms with Crippen LogP contribution in [0.15, 0.2) is 0 Å². The molecule has 0 aliphatic heterocycles. The van der Waals surface area contributed by atoms with Crippen molar-refractivity contribution in [3.63, 3.8) is 0 Å².